The number of hydrogen-bond acceptors (Lipinski definition) is 5. The van der Waals surface area contributed by atoms with E-state index in [-0.39, 0.29) is 11.9 Å². The van der Waals surface area contributed by atoms with Gasteiger partial charge in [0.15, 0.2) is 6.10 Å². The van der Waals surface area contributed by atoms with Crippen molar-refractivity contribution in [3.63, 3.8) is 0 Å². The maximum atomic E-state index is 12.2. The van der Waals surface area contributed by atoms with Crippen molar-refractivity contribution in [2.45, 2.75) is 65.5 Å². The average molecular weight is 308 g/mol. The van der Waals surface area contributed by atoms with Crippen LogP contribution >= 0.6 is 0 Å². The average Bonchev–Trinajstić information content (AvgIpc) is 2.80. The second-order valence-electron chi connectivity index (χ2n) is 6.12. The fourth-order valence-corrected chi connectivity index (χ4v) is 2.88. The summed E-state index contributed by atoms with van der Waals surface area (Å²) in [6.45, 7) is 7.04. The van der Waals surface area contributed by atoms with Crippen LogP contribution in [-0.4, -0.2) is 29.2 Å². The first-order valence-electron chi connectivity index (χ1n) is 7.84. The lowest BCUT2D eigenvalue weighted by Gasteiger charge is -2.30. The SMILES string of the molecule is Cc1noc(C)c1C(=O)O[C@H](C)C(=O)N[C@@H]1CCCC[C@@H]1C. The molecule has 0 unspecified atom stereocenters. The zero-order valence-corrected chi connectivity index (χ0v) is 13.6. The number of ether oxygens (including phenoxy) is 1. The maximum Gasteiger partial charge on any atom is 0.344 e. The predicted octanol–water partition coefficient (Wildman–Crippen LogP) is 2.53. The minimum absolute atomic E-state index is 0.168. The number of carbonyl (C=O) groups excluding carboxylic acids is 2. The molecule has 0 bridgehead atoms. The van der Waals surface area contributed by atoms with Gasteiger partial charge >= 0.3 is 5.97 Å². The molecule has 0 spiro atoms. The zero-order chi connectivity index (χ0) is 16.3. The van der Waals surface area contributed by atoms with Crippen LogP contribution < -0.4 is 5.32 Å². The normalized spacial score (nSPS) is 22.9. The summed E-state index contributed by atoms with van der Waals surface area (Å²) < 4.78 is 10.2. The van der Waals surface area contributed by atoms with Gasteiger partial charge in [-0.25, -0.2) is 4.79 Å². The highest BCUT2D eigenvalue weighted by molar-refractivity contribution is 5.93. The summed E-state index contributed by atoms with van der Waals surface area (Å²) in [6.07, 6.45) is 3.61. The van der Waals surface area contributed by atoms with Crippen LogP contribution in [0.3, 0.4) is 0 Å². The van der Waals surface area contributed by atoms with Gasteiger partial charge in [0.1, 0.15) is 11.3 Å². The Bertz CT molecular complexity index is 533. The van der Waals surface area contributed by atoms with Gasteiger partial charge in [-0.15, -0.1) is 0 Å². The molecule has 1 aliphatic carbocycles. The molecule has 6 heteroatoms. The molecule has 0 saturated heterocycles. The molecule has 1 heterocycles. The van der Waals surface area contributed by atoms with E-state index in [4.69, 9.17) is 9.26 Å². The van der Waals surface area contributed by atoms with E-state index in [9.17, 15) is 9.59 Å². The van der Waals surface area contributed by atoms with Crippen LogP contribution in [-0.2, 0) is 9.53 Å². The van der Waals surface area contributed by atoms with E-state index >= 15 is 0 Å². The lowest BCUT2D eigenvalue weighted by Crippen LogP contribution is -2.46. The summed E-state index contributed by atoms with van der Waals surface area (Å²) in [5.41, 5.74) is 0.765. The van der Waals surface area contributed by atoms with Crippen LogP contribution in [0.5, 0.6) is 0 Å². The van der Waals surface area contributed by atoms with Gasteiger partial charge in [-0.2, -0.15) is 0 Å². The molecule has 1 aliphatic rings. The van der Waals surface area contributed by atoms with Crippen molar-refractivity contribution in [1.82, 2.24) is 10.5 Å². The summed E-state index contributed by atoms with van der Waals surface area (Å²) in [4.78, 5) is 24.3. The second kappa shape index (κ2) is 6.94. The van der Waals surface area contributed by atoms with Gasteiger partial charge in [0.2, 0.25) is 0 Å². The molecule has 22 heavy (non-hydrogen) atoms. The molecule has 1 saturated carbocycles. The van der Waals surface area contributed by atoms with E-state index in [2.05, 4.69) is 17.4 Å². The monoisotopic (exact) mass is 308 g/mol. The highest BCUT2D eigenvalue weighted by Crippen LogP contribution is 2.24. The Morgan fingerprint density at radius 2 is 2.00 bits per heavy atom. The number of hydrogen-bond donors (Lipinski definition) is 1. The predicted molar refractivity (Wildman–Crippen MR) is 80.4 cm³/mol. The molecule has 2 rings (SSSR count). The van der Waals surface area contributed by atoms with Gasteiger partial charge in [0.05, 0.1) is 5.69 Å². The number of amides is 1. The van der Waals surface area contributed by atoms with Gasteiger partial charge in [-0.05, 0) is 39.5 Å². The number of esters is 1. The van der Waals surface area contributed by atoms with Crippen molar-refractivity contribution in [2.75, 3.05) is 0 Å². The summed E-state index contributed by atoms with van der Waals surface area (Å²) in [5.74, 6) is 0.0358. The lowest BCUT2D eigenvalue weighted by molar-refractivity contribution is -0.130. The Labute approximate surface area is 130 Å². The van der Waals surface area contributed by atoms with Crippen LogP contribution in [0.15, 0.2) is 4.52 Å². The van der Waals surface area contributed by atoms with E-state index in [1.54, 1.807) is 20.8 Å². The summed E-state index contributed by atoms with van der Waals surface area (Å²) in [5, 5.41) is 6.71. The fourth-order valence-electron chi connectivity index (χ4n) is 2.88. The molecule has 6 nitrogen and oxygen atoms in total. The van der Waals surface area contributed by atoms with Gasteiger partial charge in [0.25, 0.3) is 5.91 Å². The van der Waals surface area contributed by atoms with Gasteiger partial charge in [-0.1, -0.05) is 24.9 Å². The first kappa shape index (κ1) is 16.5. The molecule has 1 aromatic rings. The van der Waals surface area contributed by atoms with E-state index < -0.39 is 12.1 Å². The first-order chi connectivity index (χ1) is 10.4. The van der Waals surface area contributed by atoms with E-state index in [1.807, 2.05) is 0 Å². The fraction of sp³-hybridized carbons (Fsp3) is 0.688. The van der Waals surface area contributed by atoms with Crippen LogP contribution in [0.1, 0.15) is 61.3 Å². The number of aryl methyl sites for hydroxylation is 2. The zero-order valence-electron chi connectivity index (χ0n) is 13.6. The van der Waals surface area contributed by atoms with Gasteiger partial charge in [-0.3, -0.25) is 4.79 Å². The van der Waals surface area contributed by atoms with E-state index in [0.717, 1.165) is 19.3 Å². The Morgan fingerprint density at radius 3 is 2.59 bits per heavy atom. The summed E-state index contributed by atoms with van der Waals surface area (Å²) >= 11 is 0. The molecule has 1 N–H and O–H groups in total. The Morgan fingerprint density at radius 1 is 1.32 bits per heavy atom. The third kappa shape index (κ3) is 3.67. The minimum Gasteiger partial charge on any atom is -0.449 e. The van der Waals surface area contributed by atoms with E-state index in [0.29, 0.717) is 22.9 Å². The molecular formula is C16H24N2O4. The highest BCUT2D eigenvalue weighted by Gasteiger charge is 2.28. The standard InChI is InChI=1S/C16H24N2O4/c1-9-7-5-6-8-13(9)17-15(19)12(4)21-16(20)14-10(2)18-22-11(14)3/h9,12-13H,5-8H2,1-4H3,(H,17,19)/t9-,12+,13+/m0/s1. The molecule has 0 aromatic carbocycles. The van der Waals surface area contributed by atoms with Crippen LogP contribution in [0.4, 0.5) is 0 Å². The Balaban J connectivity index is 1.92. The number of nitrogens with one attached hydrogen (secondary N) is 1. The van der Waals surface area contributed by atoms with Crippen molar-refractivity contribution in [2.24, 2.45) is 5.92 Å². The van der Waals surface area contributed by atoms with Gasteiger partial charge < -0.3 is 14.6 Å². The lowest BCUT2D eigenvalue weighted by atomic mass is 9.86. The van der Waals surface area contributed by atoms with Crippen molar-refractivity contribution in [1.29, 1.82) is 0 Å². The molecular weight excluding hydrogens is 284 g/mol. The molecule has 3 atom stereocenters. The van der Waals surface area contributed by atoms with Crippen molar-refractivity contribution in [3.05, 3.63) is 17.0 Å². The van der Waals surface area contributed by atoms with Crippen LogP contribution in [0.2, 0.25) is 0 Å². The van der Waals surface area contributed by atoms with Crippen LogP contribution in [0.25, 0.3) is 0 Å². The molecule has 1 aromatic heterocycles. The molecule has 1 amide bonds. The summed E-state index contributed by atoms with van der Waals surface area (Å²) in [7, 11) is 0. The second-order valence-corrected chi connectivity index (χ2v) is 6.12. The molecule has 1 fully saturated rings. The third-order valence-electron chi connectivity index (χ3n) is 4.33. The largest absolute Gasteiger partial charge is 0.449 e. The van der Waals surface area contributed by atoms with Crippen molar-refractivity contribution < 1.29 is 18.8 Å². The third-order valence-corrected chi connectivity index (χ3v) is 4.33. The molecule has 0 aliphatic heterocycles. The maximum absolute atomic E-state index is 12.2. The van der Waals surface area contributed by atoms with E-state index in [1.165, 1.54) is 6.42 Å². The highest BCUT2D eigenvalue weighted by atomic mass is 16.5. The number of rotatable bonds is 4. The Hall–Kier alpha value is -1.85. The van der Waals surface area contributed by atoms with Crippen LogP contribution in [0, 0.1) is 19.8 Å². The molecule has 0 radical (unpaired) electrons. The Kier molecular flexibility index (Phi) is 5.21. The first-order valence-corrected chi connectivity index (χ1v) is 7.84. The number of nitrogens with zero attached hydrogens (tertiary/aromatic N) is 1. The molecule has 122 valence electrons. The summed E-state index contributed by atoms with van der Waals surface area (Å²) in [6, 6.07) is 0.168. The smallest absolute Gasteiger partial charge is 0.344 e. The van der Waals surface area contributed by atoms with Crippen molar-refractivity contribution in [3.8, 4) is 0 Å². The minimum atomic E-state index is -0.838. The number of aromatic nitrogens is 1. The van der Waals surface area contributed by atoms with Crippen molar-refractivity contribution >= 4 is 11.9 Å². The quantitative estimate of drug-likeness (QED) is 0.864. The topological polar surface area (TPSA) is 81.4 Å². The number of carbonyl (C=O) groups is 2. The van der Waals surface area contributed by atoms with Gasteiger partial charge in [0, 0.05) is 6.04 Å².